The Morgan fingerprint density at radius 1 is 0.460 bits per heavy atom. The van der Waals surface area contributed by atoms with Crippen LogP contribution in [0, 0.1) is 11.8 Å². The lowest BCUT2D eigenvalue weighted by Crippen LogP contribution is -2.44. The molecule has 9 rings (SSSR count). The molecule has 5 aromatic heterocycles. The molecule has 5 aromatic rings. The fourth-order valence-corrected chi connectivity index (χ4v) is 9.62. The molecule has 0 saturated carbocycles. The lowest BCUT2D eigenvalue weighted by Gasteiger charge is -2.33. The number of nitrogens with two attached hydrogens (primary N) is 1. The number of ether oxygens (including phenoxy) is 3. The number of aromatic nitrogens is 10. The van der Waals surface area contributed by atoms with E-state index in [9.17, 15) is 48.3 Å². The minimum absolute atomic E-state index is 0.0228. The molecule has 544 valence electrons. The second-order valence-corrected chi connectivity index (χ2v) is 26.1. The van der Waals surface area contributed by atoms with Gasteiger partial charge in [0.1, 0.15) is 77.5 Å². The fourth-order valence-electron chi connectivity index (χ4n) is 9.62. The van der Waals surface area contributed by atoms with Crippen LogP contribution >= 0.6 is 0 Å². The first-order valence-corrected chi connectivity index (χ1v) is 31.9. The number of carboxylic acids is 5. The number of hydrogen-bond donors (Lipinski definition) is 11. The van der Waals surface area contributed by atoms with Gasteiger partial charge in [-0.3, -0.25) is 4.79 Å². The number of anilines is 5. The normalized spacial score (nSPS) is 16.1. The Kier molecular flexibility index (Phi) is 30.0. The van der Waals surface area contributed by atoms with Crippen LogP contribution in [-0.4, -0.2) is 245 Å². The maximum absolute atomic E-state index is 12.0. The molecule has 0 bridgehead atoms. The van der Waals surface area contributed by atoms with Crippen molar-refractivity contribution in [3.63, 3.8) is 0 Å². The molecule has 12 N–H and O–H groups in total. The van der Waals surface area contributed by atoms with E-state index in [1.165, 1.54) is 55.6 Å². The number of primary amides is 1. The number of piperidine rings is 2. The van der Waals surface area contributed by atoms with Gasteiger partial charge in [-0.1, -0.05) is 0 Å². The molecule has 2 atom stereocenters. The quantitative estimate of drug-likeness (QED) is 0.0517. The van der Waals surface area contributed by atoms with Crippen LogP contribution in [0.15, 0.2) is 62.0 Å². The number of β-amino-alcohol motifs (C(OH)–C–C–N with tert-alkyl or cyclic N) is 1. The van der Waals surface area contributed by atoms with Gasteiger partial charge in [-0.15, -0.1) is 0 Å². The Morgan fingerprint density at radius 2 is 0.840 bits per heavy atom. The summed E-state index contributed by atoms with van der Waals surface area (Å²) in [6.07, 6.45) is 9.68. The van der Waals surface area contributed by atoms with Crippen molar-refractivity contribution in [3.05, 3.63) is 90.4 Å². The number of aliphatic hydroxyl groups excluding tert-OH is 1. The Labute approximate surface area is 576 Å². The molecule has 0 aromatic carbocycles. The molecular weight excluding hydrogens is 1310 g/mol. The van der Waals surface area contributed by atoms with Gasteiger partial charge in [-0.2, -0.15) is 0 Å². The predicted octanol–water partition coefficient (Wildman–Crippen LogP) is 4.95. The van der Waals surface area contributed by atoms with E-state index in [1.54, 1.807) is 9.80 Å². The number of nitrogens with one attached hydrogen (secondary N) is 4. The number of aromatic carboxylic acids is 5. The van der Waals surface area contributed by atoms with Gasteiger partial charge in [0, 0.05) is 115 Å². The monoisotopic (exact) mass is 1400 g/mol. The van der Waals surface area contributed by atoms with Gasteiger partial charge in [-0.05, 0) is 113 Å². The van der Waals surface area contributed by atoms with Crippen molar-refractivity contribution >= 4 is 83.1 Å². The van der Waals surface area contributed by atoms with Gasteiger partial charge in [-0.25, -0.2) is 88.2 Å². The SMILES string of the molecule is CC(C)(C)OC(=O)N1CCC(CNc2cc(C(=O)O)ncn2)CC1.CC(C)(C)OC(=O)N1CCC(Nc2cc(C(=O)O)ncn2)CC1.CC(C)(C)OC(=O)NC[C@@H]1CCN(c2cc(C(=O)O)ncn2)C1.NC(=O)CCNc1cc(C(=O)O)ncn1.O=C(O)c1cc(N2CCC(O)C2)ncn1. The second kappa shape index (κ2) is 37.6. The second-order valence-electron chi connectivity index (χ2n) is 26.1. The number of hydrogen-bond acceptors (Lipinski definition) is 28. The van der Waals surface area contributed by atoms with Gasteiger partial charge in [0.25, 0.3) is 0 Å². The lowest BCUT2D eigenvalue weighted by atomic mass is 9.97. The summed E-state index contributed by atoms with van der Waals surface area (Å²) in [6, 6.07) is 7.11. The molecule has 37 heteroatoms. The third-order valence-electron chi connectivity index (χ3n) is 14.4. The zero-order valence-electron chi connectivity index (χ0n) is 57.2. The first kappa shape index (κ1) is 79.7. The Balaban J connectivity index is 0.000000228. The molecule has 37 nitrogen and oxygen atoms in total. The number of carboxylic acid groups (broad SMARTS) is 5. The van der Waals surface area contributed by atoms with E-state index >= 15 is 0 Å². The van der Waals surface area contributed by atoms with Gasteiger partial charge in [0.15, 0.2) is 28.5 Å². The highest BCUT2D eigenvalue weighted by atomic mass is 16.6. The zero-order chi connectivity index (χ0) is 73.9. The number of rotatable bonds is 18. The third kappa shape index (κ3) is 29.4. The van der Waals surface area contributed by atoms with Crippen molar-refractivity contribution in [2.45, 2.75) is 136 Å². The van der Waals surface area contributed by atoms with Crippen molar-refractivity contribution in [1.82, 2.24) is 65.0 Å². The standard InChI is InChI=1S/C16H24N4O4.2C15H22N4O4.C9H11N3O3.C8H10N4O3/c1-16(2,3)24-15(23)20-6-4-11(5-7-20)9-17-13-8-12(14(21)22)18-10-19-13;1-15(2,3)23-14(22)19-6-4-10(5-7-19)18-12-8-11(13(20)21)16-9-17-12;1-15(2,3)23-14(22)16-7-10-4-5-19(8-10)12-6-11(13(20)21)17-9-18-12;13-6-1-2-12(4-6)8-3-7(9(14)15)10-5-11-8;9-6(13)1-2-10-7-3-5(8(14)15)11-4-12-7/h8,10-11H,4-7,9H2,1-3H3,(H,21,22)(H,17,18,19);8-10H,4-7H2,1-3H3,(H,20,21)(H,16,17,18);6,9-10H,4-5,7-8H2,1-3H3,(H,16,22)(H,20,21);3,5-6,13H,1-2,4H2,(H,14,15);3-4H,1-2H2,(H2,9,13)(H,14,15)(H,10,11,12)/t;;10-;;/m..0../s1. The minimum Gasteiger partial charge on any atom is -0.477 e. The number of alkyl carbamates (subject to hydrolysis) is 1. The molecule has 0 spiro atoms. The molecule has 4 aliphatic heterocycles. The molecule has 0 aliphatic carbocycles. The van der Waals surface area contributed by atoms with E-state index in [4.69, 9.17) is 45.5 Å². The van der Waals surface area contributed by atoms with Crippen molar-refractivity contribution < 1.29 is 88.0 Å². The van der Waals surface area contributed by atoms with Gasteiger partial charge in [0.05, 0.1) is 6.10 Å². The van der Waals surface area contributed by atoms with Crippen molar-refractivity contribution in [2.75, 3.05) is 97.7 Å². The van der Waals surface area contributed by atoms with E-state index in [0.717, 1.165) is 45.0 Å². The molecule has 4 saturated heterocycles. The largest absolute Gasteiger partial charge is 0.477 e. The molecular formula is C63H89N19O18. The van der Waals surface area contributed by atoms with Crippen LogP contribution in [0.25, 0.3) is 0 Å². The highest BCUT2D eigenvalue weighted by Crippen LogP contribution is 2.25. The molecule has 4 amide bonds. The van der Waals surface area contributed by atoms with Crippen LogP contribution in [0.5, 0.6) is 0 Å². The zero-order valence-corrected chi connectivity index (χ0v) is 57.2. The smallest absolute Gasteiger partial charge is 0.410 e. The van der Waals surface area contributed by atoms with E-state index in [2.05, 4.69) is 71.1 Å². The predicted molar refractivity (Wildman–Crippen MR) is 358 cm³/mol. The summed E-state index contributed by atoms with van der Waals surface area (Å²) in [5.41, 5.74) is 3.20. The summed E-state index contributed by atoms with van der Waals surface area (Å²) in [6.45, 7) is 23.2. The Hall–Kier alpha value is -11.0. The Morgan fingerprint density at radius 3 is 1.26 bits per heavy atom. The molecule has 4 aliphatic rings. The van der Waals surface area contributed by atoms with E-state index < -0.39 is 58.7 Å². The van der Waals surface area contributed by atoms with Gasteiger partial charge < -0.3 is 91.5 Å². The number of carbonyl (C=O) groups excluding carboxylic acids is 4. The van der Waals surface area contributed by atoms with Crippen LogP contribution in [0.4, 0.5) is 43.5 Å². The summed E-state index contributed by atoms with van der Waals surface area (Å²) < 4.78 is 15.9. The minimum atomic E-state index is -1.13. The fraction of sp³-hybridized carbons (Fsp3) is 0.540. The van der Waals surface area contributed by atoms with Crippen LogP contribution in [0.3, 0.4) is 0 Å². The molecule has 9 heterocycles. The van der Waals surface area contributed by atoms with E-state index in [-0.39, 0.29) is 65.1 Å². The van der Waals surface area contributed by atoms with Crippen molar-refractivity contribution in [3.8, 4) is 0 Å². The summed E-state index contributed by atoms with van der Waals surface area (Å²) in [4.78, 5) is 145. The van der Waals surface area contributed by atoms with Gasteiger partial charge >= 0.3 is 48.1 Å². The number of amides is 4. The Bertz CT molecular complexity index is 3580. The third-order valence-corrected chi connectivity index (χ3v) is 14.4. The maximum Gasteiger partial charge on any atom is 0.410 e. The molecule has 100 heavy (non-hydrogen) atoms. The average Bonchev–Trinajstić information content (AvgIpc) is 1.74. The van der Waals surface area contributed by atoms with Crippen molar-refractivity contribution in [2.24, 2.45) is 17.6 Å². The number of nitrogens with zero attached hydrogens (tertiary/aromatic N) is 14. The molecule has 0 radical (unpaired) electrons. The van der Waals surface area contributed by atoms with Crippen molar-refractivity contribution in [1.29, 1.82) is 0 Å². The van der Waals surface area contributed by atoms with E-state index in [1.807, 2.05) is 72.1 Å². The maximum atomic E-state index is 12.0. The first-order valence-electron chi connectivity index (χ1n) is 31.9. The van der Waals surface area contributed by atoms with E-state index in [0.29, 0.717) is 107 Å². The molecule has 1 unspecified atom stereocenters. The number of carbonyl (C=O) groups is 9. The summed E-state index contributed by atoms with van der Waals surface area (Å²) in [7, 11) is 0. The van der Waals surface area contributed by atoms with Crippen LogP contribution in [0.1, 0.15) is 160 Å². The number of likely N-dealkylation sites (tertiary alicyclic amines) is 2. The van der Waals surface area contributed by atoms with Crippen LogP contribution in [-0.2, 0) is 19.0 Å². The van der Waals surface area contributed by atoms with Crippen LogP contribution < -0.4 is 36.8 Å². The summed E-state index contributed by atoms with van der Waals surface area (Å²) in [5.74, 6) is -2.73. The summed E-state index contributed by atoms with van der Waals surface area (Å²) in [5, 5.41) is 65.4. The molecule has 4 fully saturated rings. The average molecular weight is 1400 g/mol. The van der Waals surface area contributed by atoms with Gasteiger partial charge in [0.2, 0.25) is 5.91 Å². The first-order chi connectivity index (χ1) is 47.0. The summed E-state index contributed by atoms with van der Waals surface area (Å²) >= 11 is 0. The highest BCUT2D eigenvalue weighted by molar-refractivity contribution is 5.88. The lowest BCUT2D eigenvalue weighted by molar-refractivity contribution is -0.117. The topological polar surface area (TPSA) is 519 Å². The highest BCUT2D eigenvalue weighted by Gasteiger charge is 2.30. The number of aliphatic hydroxyl groups is 1. The van der Waals surface area contributed by atoms with Crippen LogP contribution in [0.2, 0.25) is 0 Å².